The van der Waals surface area contributed by atoms with Crippen molar-refractivity contribution in [3.05, 3.63) is 17.0 Å². The summed E-state index contributed by atoms with van der Waals surface area (Å²) in [7, 11) is 0. The number of nitrogens with zero attached hydrogens (tertiary/aromatic N) is 4. The Hall–Kier alpha value is -1.85. The summed E-state index contributed by atoms with van der Waals surface area (Å²) < 4.78 is 0. The standard InChI is InChI=1S/C18H29N5O/c1-3-4-9-19-18(24)23-12-7-15-14(2)20-17(21-16(15)8-13-23)22-10-5-6-11-22/h3-13H2,1-2H3,(H,19,24). The van der Waals surface area contributed by atoms with E-state index in [1.54, 1.807) is 0 Å². The minimum absolute atomic E-state index is 0.0571. The Bertz CT molecular complexity index is 583. The molecule has 0 aromatic carbocycles. The molecule has 0 spiro atoms. The van der Waals surface area contributed by atoms with Crippen molar-refractivity contribution in [1.29, 1.82) is 0 Å². The highest BCUT2D eigenvalue weighted by molar-refractivity contribution is 5.74. The van der Waals surface area contributed by atoms with Gasteiger partial charge in [-0.15, -0.1) is 0 Å². The molecule has 0 bridgehead atoms. The van der Waals surface area contributed by atoms with Crippen molar-refractivity contribution in [2.45, 2.75) is 52.4 Å². The smallest absolute Gasteiger partial charge is 0.317 e. The second-order valence-corrected chi connectivity index (χ2v) is 6.80. The fourth-order valence-electron chi connectivity index (χ4n) is 3.52. The molecule has 1 aromatic rings. The molecule has 6 heteroatoms. The topological polar surface area (TPSA) is 61.4 Å². The van der Waals surface area contributed by atoms with Gasteiger partial charge >= 0.3 is 6.03 Å². The molecule has 3 rings (SSSR count). The van der Waals surface area contributed by atoms with Crippen LogP contribution < -0.4 is 10.2 Å². The fourth-order valence-corrected chi connectivity index (χ4v) is 3.52. The Labute approximate surface area is 144 Å². The average Bonchev–Trinajstić information content (AvgIpc) is 3.02. The number of hydrogen-bond donors (Lipinski definition) is 1. The fraction of sp³-hybridized carbons (Fsp3) is 0.722. The zero-order valence-electron chi connectivity index (χ0n) is 15.0. The summed E-state index contributed by atoms with van der Waals surface area (Å²) in [6.45, 7) is 8.58. The third kappa shape index (κ3) is 3.79. The molecule has 2 aliphatic heterocycles. The second-order valence-electron chi connectivity index (χ2n) is 6.80. The molecule has 0 saturated carbocycles. The highest BCUT2D eigenvalue weighted by atomic mass is 16.2. The molecule has 3 heterocycles. The van der Waals surface area contributed by atoms with Crippen LogP contribution in [0.4, 0.5) is 10.7 Å². The van der Waals surface area contributed by atoms with Crippen LogP contribution in [-0.2, 0) is 12.8 Å². The van der Waals surface area contributed by atoms with Crippen molar-refractivity contribution in [2.24, 2.45) is 0 Å². The number of aryl methyl sites for hydroxylation is 1. The molecule has 6 nitrogen and oxygen atoms in total. The van der Waals surface area contributed by atoms with E-state index in [-0.39, 0.29) is 6.03 Å². The van der Waals surface area contributed by atoms with E-state index in [9.17, 15) is 4.79 Å². The van der Waals surface area contributed by atoms with Crippen LogP contribution in [0.1, 0.15) is 49.6 Å². The van der Waals surface area contributed by atoms with E-state index in [0.29, 0.717) is 0 Å². The highest BCUT2D eigenvalue weighted by Crippen LogP contribution is 2.22. The molecule has 1 N–H and O–H groups in total. The first-order valence-electron chi connectivity index (χ1n) is 9.33. The molecule has 0 unspecified atom stereocenters. The van der Waals surface area contributed by atoms with Crippen LogP contribution in [-0.4, -0.2) is 53.6 Å². The van der Waals surface area contributed by atoms with Gasteiger partial charge in [0.15, 0.2) is 0 Å². The lowest BCUT2D eigenvalue weighted by Gasteiger charge is -2.20. The molecule has 1 aromatic heterocycles. The van der Waals surface area contributed by atoms with Gasteiger partial charge in [0.25, 0.3) is 0 Å². The van der Waals surface area contributed by atoms with Crippen LogP contribution in [0.5, 0.6) is 0 Å². The average molecular weight is 331 g/mol. The molecule has 24 heavy (non-hydrogen) atoms. The maximum atomic E-state index is 12.3. The third-order valence-electron chi connectivity index (χ3n) is 5.02. The number of amides is 2. The van der Waals surface area contributed by atoms with E-state index in [0.717, 1.165) is 75.7 Å². The first-order valence-corrected chi connectivity index (χ1v) is 9.33. The minimum atomic E-state index is 0.0571. The maximum Gasteiger partial charge on any atom is 0.317 e. The third-order valence-corrected chi connectivity index (χ3v) is 5.02. The van der Waals surface area contributed by atoms with Crippen molar-refractivity contribution >= 4 is 12.0 Å². The number of carbonyl (C=O) groups excluding carboxylic acids is 1. The zero-order chi connectivity index (χ0) is 16.9. The molecule has 132 valence electrons. The van der Waals surface area contributed by atoms with Crippen LogP contribution in [0.25, 0.3) is 0 Å². The predicted octanol–water partition coefficient (Wildman–Crippen LogP) is 2.30. The van der Waals surface area contributed by atoms with Crippen molar-refractivity contribution in [2.75, 3.05) is 37.6 Å². The number of hydrogen-bond acceptors (Lipinski definition) is 4. The summed E-state index contributed by atoms with van der Waals surface area (Å²) in [5, 5.41) is 3.02. The summed E-state index contributed by atoms with van der Waals surface area (Å²) in [5.41, 5.74) is 3.45. The molecule has 0 radical (unpaired) electrons. The second kappa shape index (κ2) is 7.81. The van der Waals surface area contributed by atoms with E-state index in [1.807, 2.05) is 4.90 Å². The number of rotatable bonds is 4. The van der Waals surface area contributed by atoms with E-state index < -0.39 is 0 Å². The van der Waals surface area contributed by atoms with Crippen molar-refractivity contribution in [3.8, 4) is 0 Å². The number of anilines is 1. The highest BCUT2D eigenvalue weighted by Gasteiger charge is 2.23. The molecular weight excluding hydrogens is 302 g/mol. The van der Waals surface area contributed by atoms with Gasteiger partial charge in [0.1, 0.15) is 0 Å². The Morgan fingerprint density at radius 3 is 2.62 bits per heavy atom. The molecule has 1 fully saturated rings. The van der Waals surface area contributed by atoms with Crippen LogP contribution in [0.3, 0.4) is 0 Å². The van der Waals surface area contributed by atoms with Crippen LogP contribution in [0.15, 0.2) is 0 Å². The van der Waals surface area contributed by atoms with E-state index in [1.165, 1.54) is 18.4 Å². The SMILES string of the molecule is CCCCNC(=O)N1CCc2nc(N3CCCC3)nc(C)c2CC1. The zero-order valence-corrected chi connectivity index (χ0v) is 15.0. The predicted molar refractivity (Wildman–Crippen MR) is 95.5 cm³/mol. The lowest BCUT2D eigenvalue weighted by atomic mass is 10.1. The number of fused-ring (bicyclic) bond motifs is 1. The van der Waals surface area contributed by atoms with Crippen molar-refractivity contribution < 1.29 is 4.79 Å². The molecular formula is C18H29N5O. The van der Waals surface area contributed by atoms with E-state index in [2.05, 4.69) is 24.1 Å². The molecule has 0 atom stereocenters. The maximum absolute atomic E-state index is 12.3. The van der Waals surface area contributed by atoms with E-state index >= 15 is 0 Å². The van der Waals surface area contributed by atoms with Gasteiger partial charge in [0.05, 0.1) is 5.69 Å². The van der Waals surface area contributed by atoms with Gasteiger partial charge in [0.2, 0.25) is 5.95 Å². The van der Waals surface area contributed by atoms with Crippen molar-refractivity contribution in [1.82, 2.24) is 20.2 Å². The Morgan fingerprint density at radius 1 is 1.12 bits per heavy atom. The monoisotopic (exact) mass is 331 g/mol. The van der Waals surface area contributed by atoms with Crippen LogP contribution >= 0.6 is 0 Å². The Morgan fingerprint density at radius 2 is 1.88 bits per heavy atom. The summed E-state index contributed by atoms with van der Waals surface area (Å²) in [4.78, 5) is 26.1. The van der Waals surface area contributed by atoms with Gasteiger partial charge in [-0.3, -0.25) is 0 Å². The molecule has 2 aliphatic rings. The Balaban J connectivity index is 1.68. The van der Waals surface area contributed by atoms with Gasteiger partial charge in [-0.25, -0.2) is 14.8 Å². The van der Waals surface area contributed by atoms with Gasteiger partial charge in [-0.1, -0.05) is 13.3 Å². The number of aromatic nitrogens is 2. The lowest BCUT2D eigenvalue weighted by Crippen LogP contribution is -2.41. The summed E-state index contributed by atoms with van der Waals surface area (Å²) in [6, 6.07) is 0.0571. The molecule has 1 saturated heterocycles. The van der Waals surface area contributed by atoms with Crippen LogP contribution in [0, 0.1) is 6.92 Å². The Kier molecular flexibility index (Phi) is 5.53. The summed E-state index contributed by atoms with van der Waals surface area (Å²) in [6.07, 6.45) is 6.25. The number of nitrogens with one attached hydrogen (secondary N) is 1. The summed E-state index contributed by atoms with van der Waals surface area (Å²) >= 11 is 0. The first kappa shape index (κ1) is 17.0. The number of urea groups is 1. The molecule has 2 amide bonds. The minimum Gasteiger partial charge on any atom is -0.341 e. The number of unbranched alkanes of at least 4 members (excludes halogenated alkanes) is 1. The van der Waals surface area contributed by atoms with Gasteiger partial charge in [-0.05, 0) is 38.2 Å². The van der Waals surface area contributed by atoms with E-state index in [4.69, 9.17) is 9.97 Å². The van der Waals surface area contributed by atoms with Gasteiger partial charge in [0, 0.05) is 44.8 Å². The van der Waals surface area contributed by atoms with Gasteiger partial charge in [-0.2, -0.15) is 0 Å². The normalized spacial score (nSPS) is 17.6. The molecule has 0 aliphatic carbocycles. The van der Waals surface area contributed by atoms with Gasteiger partial charge < -0.3 is 15.1 Å². The van der Waals surface area contributed by atoms with Crippen LogP contribution in [0.2, 0.25) is 0 Å². The largest absolute Gasteiger partial charge is 0.341 e. The lowest BCUT2D eigenvalue weighted by molar-refractivity contribution is 0.200. The quantitative estimate of drug-likeness (QED) is 0.860. The first-order chi connectivity index (χ1) is 11.7. The summed E-state index contributed by atoms with van der Waals surface area (Å²) in [5.74, 6) is 0.879. The van der Waals surface area contributed by atoms with Crippen molar-refractivity contribution in [3.63, 3.8) is 0 Å². The number of carbonyl (C=O) groups is 1.